The second-order valence-electron chi connectivity index (χ2n) is 5.84. The van der Waals surface area contributed by atoms with Crippen molar-refractivity contribution in [2.75, 3.05) is 6.54 Å². The predicted octanol–water partition coefficient (Wildman–Crippen LogP) is 3.67. The van der Waals surface area contributed by atoms with E-state index in [9.17, 15) is 4.79 Å². The van der Waals surface area contributed by atoms with Gasteiger partial charge in [-0.2, -0.15) is 0 Å². The number of hydrogen-bond donors (Lipinski definition) is 1. The van der Waals surface area contributed by atoms with Gasteiger partial charge in [0.15, 0.2) is 0 Å². The summed E-state index contributed by atoms with van der Waals surface area (Å²) in [5, 5.41) is 11.5. The first kappa shape index (κ1) is 14.1. The molecule has 0 saturated carbocycles. The van der Waals surface area contributed by atoms with E-state index < -0.39 is 5.97 Å². The molecule has 3 rings (SSSR count). The molecule has 1 heterocycles. The van der Waals surface area contributed by atoms with Crippen LogP contribution in [0.1, 0.15) is 31.2 Å². The van der Waals surface area contributed by atoms with Crippen LogP contribution in [0.5, 0.6) is 0 Å². The molecule has 1 fully saturated rings. The molecule has 2 aromatic rings. The summed E-state index contributed by atoms with van der Waals surface area (Å²) in [6.45, 7) is 2.00. The molecular weight excluding hydrogens is 262 g/mol. The molecule has 110 valence electrons. The molecule has 3 heteroatoms. The summed E-state index contributed by atoms with van der Waals surface area (Å²) < 4.78 is 0. The van der Waals surface area contributed by atoms with E-state index in [2.05, 4.69) is 47.4 Å². The van der Waals surface area contributed by atoms with E-state index in [-0.39, 0.29) is 6.42 Å². The number of aliphatic carboxylic acids is 1. The molecule has 2 aromatic carbocycles. The monoisotopic (exact) mass is 283 g/mol. The Balaban J connectivity index is 1.76. The maximum Gasteiger partial charge on any atom is 0.303 e. The lowest BCUT2D eigenvalue weighted by molar-refractivity contribution is -0.137. The van der Waals surface area contributed by atoms with Crippen molar-refractivity contribution in [3.05, 3.63) is 48.0 Å². The number of nitrogens with zero attached hydrogens (tertiary/aromatic N) is 1. The predicted molar refractivity (Wildman–Crippen MR) is 84.2 cm³/mol. The Morgan fingerprint density at radius 1 is 1.19 bits per heavy atom. The summed E-state index contributed by atoms with van der Waals surface area (Å²) in [5.41, 5.74) is 1.34. The number of likely N-dealkylation sites (tertiary alicyclic amines) is 1. The van der Waals surface area contributed by atoms with Crippen LogP contribution in [0, 0.1) is 0 Å². The molecule has 0 aromatic heterocycles. The van der Waals surface area contributed by atoms with E-state index in [0.29, 0.717) is 6.04 Å². The second-order valence-corrected chi connectivity index (χ2v) is 5.84. The summed E-state index contributed by atoms with van der Waals surface area (Å²) in [4.78, 5) is 13.2. The normalized spacial score (nSPS) is 19.1. The molecule has 1 N–H and O–H groups in total. The fourth-order valence-electron chi connectivity index (χ4n) is 3.37. The van der Waals surface area contributed by atoms with Crippen LogP contribution >= 0.6 is 0 Å². The zero-order chi connectivity index (χ0) is 14.7. The highest BCUT2D eigenvalue weighted by Gasteiger charge is 2.25. The lowest BCUT2D eigenvalue weighted by Gasteiger charge is -2.24. The summed E-state index contributed by atoms with van der Waals surface area (Å²) in [7, 11) is 0. The van der Waals surface area contributed by atoms with Crippen LogP contribution in [-0.4, -0.2) is 28.6 Å². The van der Waals surface area contributed by atoms with E-state index >= 15 is 0 Å². The van der Waals surface area contributed by atoms with Crippen molar-refractivity contribution in [2.45, 2.75) is 38.3 Å². The van der Waals surface area contributed by atoms with Crippen LogP contribution in [0.4, 0.5) is 0 Å². The highest BCUT2D eigenvalue weighted by Crippen LogP contribution is 2.26. The van der Waals surface area contributed by atoms with Crippen LogP contribution in [0.2, 0.25) is 0 Å². The zero-order valence-electron chi connectivity index (χ0n) is 12.2. The number of hydrogen-bond acceptors (Lipinski definition) is 2. The van der Waals surface area contributed by atoms with Gasteiger partial charge in [-0.15, -0.1) is 0 Å². The smallest absolute Gasteiger partial charge is 0.303 e. The minimum atomic E-state index is -0.688. The molecule has 1 aliphatic heterocycles. The SMILES string of the molecule is O=C(O)CCC1CCCN1Cc1cccc2ccccc12. The van der Waals surface area contributed by atoms with Crippen molar-refractivity contribution in [3.8, 4) is 0 Å². The number of carbonyl (C=O) groups is 1. The number of carboxylic acids is 1. The Morgan fingerprint density at radius 3 is 2.86 bits per heavy atom. The fourth-order valence-corrected chi connectivity index (χ4v) is 3.37. The standard InChI is InChI=1S/C18H21NO2/c20-18(21)11-10-16-8-4-12-19(16)13-15-7-3-6-14-5-1-2-9-17(14)15/h1-3,5-7,9,16H,4,8,10-13H2,(H,20,21). The Hall–Kier alpha value is -1.87. The van der Waals surface area contributed by atoms with E-state index in [1.54, 1.807) is 0 Å². The maximum absolute atomic E-state index is 10.8. The molecule has 1 saturated heterocycles. The molecule has 1 unspecified atom stereocenters. The van der Waals surface area contributed by atoms with Gasteiger partial charge in [0, 0.05) is 19.0 Å². The lowest BCUT2D eigenvalue weighted by Crippen LogP contribution is -2.29. The minimum Gasteiger partial charge on any atom is -0.481 e. The first-order valence-electron chi connectivity index (χ1n) is 7.66. The van der Waals surface area contributed by atoms with E-state index in [1.807, 2.05) is 0 Å². The Morgan fingerprint density at radius 2 is 2.00 bits per heavy atom. The highest BCUT2D eigenvalue weighted by atomic mass is 16.4. The van der Waals surface area contributed by atoms with Crippen LogP contribution in [0.25, 0.3) is 10.8 Å². The second kappa shape index (κ2) is 6.27. The molecule has 0 aliphatic carbocycles. The lowest BCUT2D eigenvalue weighted by atomic mass is 10.0. The van der Waals surface area contributed by atoms with Crippen molar-refractivity contribution in [1.29, 1.82) is 0 Å². The third kappa shape index (κ3) is 3.24. The van der Waals surface area contributed by atoms with Gasteiger partial charge in [0.1, 0.15) is 0 Å². The molecule has 0 amide bonds. The van der Waals surface area contributed by atoms with Gasteiger partial charge in [-0.25, -0.2) is 0 Å². The third-order valence-electron chi connectivity index (χ3n) is 4.44. The van der Waals surface area contributed by atoms with Crippen molar-refractivity contribution >= 4 is 16.7 Å². The summed E-state index contributed by atoms with van der Waals surface area (Å²) in [5.74, 6) is -0.688. The van der Waals surface area contributed by atoms with Crippen molar-refractivity contribution < 1.29 is 9.90 Å². The quantitative estimate of drug-likeness (QED) is 0.910. The van der Waals surface area contributed by atoms with Crippen molar-refractivity contribution in [3.63, 3.8) is 0 Å². The van der Waals surface area contributed by atoms with Gasteiger partial charge >= 0.3 is 5.97 Å². The van der Waals surface area contributed by atoms with Crippen molar-refractivity contribution in [2.24, 2.45) is 0 Å². The van der Waals surface area contributed by atoms with Crippen LogP contribution in [0.15, 0.2) is 42.5 Å². The van der Waals surface area contributed by atoms with E-state index in [4.69, 9.17) is 5.11 Å². The largest absolute Gasteiger partial charge is 0.481 e. The fraction of sp³-hybridized carbons (Fsp3) is 0.389. The van der Waals surface area contributed by atoms with Crippen LogP contribution < -0.4 is 0 Å². The number of fused-ring (bicyclic) bond motifs is 1. The first-order chi connectivity index (χ1) is 10.2. The average Bonchev–Trinajstić information content (AvgIpc) is 2.93. The molecule has 0 spiro atoms. The van der Waals surface area contributed by atoms with Gasteiger partial charge in [0.2, 0.25) is 0 Å². The van der Waals surface area contributed by atoms with Gasteiger partial charge in [-0.1, -0.05) is 42.5 Å². The van der Waals surface area contributed by atoms with Gasteiger partial charge in [-0.3, -0.25) is 9.69 Å². The van der Waals surface area contributed by atoms with Crippen molar-refractivity contribution in [1.82, 2.24) is 4.90 Å². The van der Waals surface area contributed by atoms with Gasteiger partial charge < -0.3 is 5.11 Å². The topological polar surface area (TPSA) is 40.5 Å². The highest BCUT2D eigenvalue weighted by molar-refractivity contribution is 5.85. The molecule has 0 bridgehead atoms. The third-order valence-corrected chi connectivity index (χ3v) is 4.44. The summed E-state index contributed by atoms with van der Waals surface area (Å²) in [6, 6.07) is 15.3. The van der Waals surface area contributed by atoms with Gasteiger partial charge in [-0.05, 0) is 42.1 Å². The number of carboxylic acid groups (broad SMARTS) is 1. The van der Waals surface area contributed by atoms with Gasteiger partial charge in [0.25, 0.3) is 0 Å². The molecule has 1 atom stereocenters. The maximum atomic E-state index is 10.8. The Bertz CT molecular complexity index is 633. The number of benzene rings is 2. The first-order valence-corrected chi connectivity index (χ1v) is 7.66. The Labute approximate surface area is 125 Å². The zero-order valence-corrected chi connectivity index (χ0v) is 12.2. The van der Waals surface area contributed by atoms with Gasteiger partial charge in [0.05, 0.1) is 0 Å². The molecule has 0 radical (unpaired) electrons. The van der Waals surface area contributed by atoms with E-state index in [1.165, 1.54) is 22.8 Å². The summed E-state index contributed by atoms with van der Waals surface area (Å²) in [6.07, 6.45) is 3.34. The Kier molecular flexibility index (Phi) is 4.20. The molecular formula is C18H21NO2. The molecule has 1 aliphatic rings. The molecule has 21 heavy (non-hydrogen) atoms. The minimum absolute atomic E-state index is 0.275. The summed E-state index contributed by atoms with van der Waals surface area (Å²) >= 11 is 0. The van der Waals surface area contributed by atoms with Crippen LogP contribution in [-0.2, 0) is 11.3 Å². The van der Waals surface area contributed by atoms with Crippen LogP contribution in [0.3, 0.4) is 0 Å². The number of rotatable bonds is 5. The average molecular weight is 283 g/mol. The molecule has 3 nitrogen and oxygen atoms in total. The van der Waals surface area contributed by atoms with E-state index in [0.717, 1.165) is 25.9 Å².